The van der Waals surface area contributed by atoms with Crippen LogP contribution in [-0.2, 0) is 0 Å². The Labute approximate surface area is 138 Å². The van der Waals surface area contributed by atoms with E-state index >= 15 is 0 Å². The van der Waals surface area contributed by atoms with Crippen LogP contribution in [0.4, 0.5) is 0 Å². The normalized spacial score (nSPS) is 11.9. The minimum absolute atomic E-state index is 0.0706. The van der Waals surface area contributed by atoms with Crippen molar-refractivity contribution in [2.24, 2.45) is 0 Å². The molecule has 0 saturated carbocycles. The average molecular weight is 328 g/mol. The number of rotatable bonds is 4. The monoisotopic (exact) mass is 327 g/mol. The first-order valence-corrected chi connectivity index (χ1v) is 8.14. The van der Waals surface area contributed by atoms with Gasteiger partial charge in [-0.15, -0.1) is 11.3 Å². The Morgan fingerprint density at radius 1 is 0.909 bits per heavy atom. The van der Waals surface area contributed by atoms with Gasteiger partial charge in [0.1, 0.15) is 0 Å². The van der Waals surface area contributed by atoms with Crippen LogP contribution in [0, 0.1) is 0 Å². The molecule has 0 aliphatic carbocycles. The van der Waals surface area contributed by atoms with Crippen LogP contribution in [0.15, 0.2) is 72.1 Å². The lowest BCUT2D eigenvalue weighted by Crippen LogP contribution is -2.28. The summed E-state index contributed by atoms with van der Waals surface area (Å²) in [7, 11) is 0. The number of carbonyl (C=O) groups excluding carboxylic acids is 1. The van der Waals surface area contributed by atoms with Crippen LogP contribution in [-0.4, -0.2) is 5.91 Å². The molecule has 0 aliphatic heterocycles. The molecule has 0 spiro atoms. The van der Waals surface area contributed by atoms with E-state index in [4.69, 9.17) is 11.6 Å². The molecule has 2 nitrogen and oxygen atoms in total. The van der Waals surface area contributed by atoms with Crippen molar-refractivity contribution in [3.8, 4) is 0 Å². The van der Waals surface area contributed by atoms with Crippen molar-refractivity contribution in [3.05, 3.63) is 93.1 Å². The molecule has 0 saturated heterocycles. The third-order valence-corrected chi connectivity index (χ3v) is 4.48. The number of halogens is 1. The highest BCUT2D eigenvalue weighted by atomic mass is 35.5. The van der Waals surface area contributed by atoms with Crippen LogP contribution in [0.25, 0.3) is 0 Å². The van der Waals surface area contributed by atoms with Crippen LogP contribution in [0.2, 0.25) is 5.02 Å². The molecule has 1 heterocycles. The molecule has 0 aliphatic rings. The topological polar surface area (TPSA) is 29.1 Å². The van der Waals surface area contributed by atoms with Crippen molar-refractivity contribution in [2.75, 3.05) is 0 Å². The molecule has 22 heavy (non-hydrogen) atoms. The molecular weight excluding hydrogens is 314 g/mol. The zero-order valence-electron chi connectivity index (χ0n) is 11.7. The van der Waals surface area contributed by atoms with E-state index in [1.54, 1.807) is 0 Å². The largest absolute Gasteiger partial charge is 0.340 e. The van der Waals surface area contributed by atoms with E-state index in [1.807, 2.05) is 72.1 Å². The lowest BCUT2D eigenvalue weighted by Gasteiger charge is -2.19. The summed E-state index contributed by atoms with van der Waals surface area (Å²) in [5.74, 6) is -0.0706. The Bertz CT molecular complexity index is 739. The summed E-state index contributed by atoms with van der Waals surface area (Å²) in [6.07, 6.45) is 0. The number of benzene rings is 2. The van der Waals surface area contributed by atoms with Gasteiger partial charge in [-0.1, -0.05) is 60.1 Å². The first kappa shape index (κ1) is 14.8. The summed E-state index contributed by atoms with van der Waals surface area (Å²) in [4.78, 5) is 13.1. The van der Waals surface area contributed by atoms with E-state index in [9.17, 15) is 4.79 Å². The average Bonchev–Trinajstić information content (AvgIpc) is 3.09. The molecule has 1 unspecified atom stereocenters. The van der Waals surface area contributed by atoms with Crippen LogP contribution in [0.5, 0.6) is 0 Å². The van der Waals surface area contributed by atoms with Crippen molar-refractivity contribution >= 4 is 28.8 Å². The third-order valence-electron chi connectivity index (χ3n) is 3.36. The lowest BCUT2D eigenvalue weighted by atomic mass is 9.98. The predicted molar refractivity (Wildman–Crippen MR) is 91.5 cm³/mol. The molecule has 4 heteroatoms. The minimum Gasteiger partial charge on any atom is -0.340 e. The highest BCUT2D eigenvalue weighted by Gasteiger charge is 2.18. The number of hydrogen-bond acceptors (Lipinski definition) is 2. The van der Waals surface area contributed by atoms with Gasteiger partial charge in [0.25, 0.3) is 5.91 Å². The van der Waals surface area contributed by atoms with Gasteiger partial charge in [0.15, 0.2) is 0 Å². The van der Waals surface area contributed by atoms with E-state index in [0.717, 1.165) is 11.1 Å². The molecule has 1 amide bonds. The molecule has 110 valence electrons. The van der Waals surface area contributed by atoms with E-state index in [0.29, 0.717) is 9.90 Å². The maximum absolute atomic E-state index is 12.4. The van der Waals surface area contributed by atoms with Gasteiger partial charge in [-0.25, -0.2) is 0 Å². The lowest BCUT2D eigenvalue weighted by molar-refractivity contribution is 0.0947. The molecule has 0 fully saturated rings. The maximum Gasteiger partial charge on any atom is 0.262 e. The van der Waals surface area contributed by atoms with Gasteiger partial charge in [-0.2, -0.15) is 0 Å². The molecule has 3 rings (SSSR count). The van der Waals surface area contributed by atoms with Gasteiger partial charge in [-0.3, -0.25) is 4.79 Å². The molecular formula is C18H14ClNOS. The van der Waals surface area contributed by atoms with Gasteiger partial charge in [0.05, 0.1) is 10.9 Å². The summed E-state index contributed by atoms with van der Waals surface area (Å²) >= 11 is 7.40. The Kier molecular flexibility index (Phi) is 4.56. The highest BCUT2D eigenvalue weighted by molar-refractivity contribution is 7.12. The van der Waals surface area contributed by atoms with E-state index in [1.165, 1.54) is 11.3 Å². The van der Waals surface area contributed by atoms with Crippen LogP contribution in [0.1, 0.15) is 26.8 Å². The predicted octanol–water partition coefficient (Wildman–Crippen LogP) is 4.92. The molecule has 0 radical (unpaired) electrons. The van der Waals surface area contributed by atoms with E-state index in [-0.39, 0.29) is 11.9 Å². The summed E-state index contributed by atoms with van der Waals surface area (Å²) < 4.78 is 0. The van der Waals surface area contributed by atoms with Crippen molar-refractivity contribution < 1.29 is 4.79 Å². The molecule has 1 atom stereocenters. The number of nitrogens with one attached hydrogen (secondary N) is 1. The molecule has 2 aromatic carbocycles. The van der Waals surface area contributed by atoms with Gasteiger partial charge in [0.2, 0.25) is 0 Å². The quantitative estimate of drug-likeness (QED) is 0.724. The fourth-order valence-electron chi connectivity index (χ4n) is 2.27. The number of carbonyl (C=O) groups is 1. The summed E-state index contributed by atoms with van der Waals surface area (Å²) in [5, 5.41) is 5.68. The van der Waals surface area contributed by atoms with Crippen LogP contribution in [0.3, 0.4) is 0 Å². The molecule has 0 bridgehead atoms. The second kappa shape index (κ2) is 6.77. The van der Waals surface area contributed by atoms with Crippen LogP contribution >= 0.6 is 22.9 Å². The highest BCUT2D eigenvalue weighted by Crippen LogP contribution is 2.24. The first-order chi connectivity index (χ1) is 10.7. The summed E-state index contributed by atoms with van der Waals surface area (Å²) in [5.41, 5.74) is 2.04. The Hall–Kier alpha value is -2.10. The van der Waals surface area contributed by atoms with Gasteiger partial charge in [-0.05, 0) is 34.7 Å². The van der Waals surface area contributed by atoms with E-state index < -0.39 is 0 Å². The van der Waals surface area contributed by atoms with Gasteiger partial charge >= 0.3 is 0 Å². The minimum atomic E-state index is -0.201. The van der Waals surface area contributed by atoms with E-state index in [2.05, 4.69) is 5.32 Å². The standard InChI is InChI=1S/C18H14ClNOS/c19-15-10-8-14(9-11-15)17(13-5-2-1-3-6-13)20-18(21)16-7-4-12-22-16/h1-12,17H,(H,20,21). The molecule has 1 aromatic heterocycles. The molecule has 3 aromatic rings. The maximum atomic E-state index is 12.4. The number of thiophene rings is 1. The Balaban J connectivity index is 1.93. The van der Waals surface area contributed by atoms with Crippen molar-refractivity contribution in [1.29, 1.82) is 0 Å². The fourth-order valence-corrected chi connectivity index (χ4v) is 3.02. The van der Waals surface area contributed by atoms with Gasteiger partial charge in [0, 0.05) is 5.02 Å². The number of amides is 1. The SMILES string of the molecule is O=C(NC(c1ccccc1)c1ccc(Cl)cc1)c1cccs1. The Morgan fingerprint density at radius 3 is 2.23 bits per heavy atom. The van der Waals surface area contributed by atoms with Gasteiger partial charge < -0.3 is 5.32 Å². The first-order valence-electron chi connectivity index (χ1n) is 6.89. The smallest absolute Gasteiger partial charge is 0.262 e. The summed E-state index contributed by atoms with van der Waals surface area (Å²) in [6.45, 7) is 0. The third kappa shape index (κ3) is 3.38. The number of hydrogen-bond donors (Lipinski definition) is 1. The summed E-state index contributed by atoms with van der Waals surface area (Å²) in [6, 6.07) is 21.0. The zero-order valence-corrected chi connectivity index (χ0v) is 13.3. The molecule has 1 N–H and O–H groups in total. The van der Waals surface area contributed by atoms with Crippen LogP contribution < -0.4 is 5.32 Å². The zero-order chi connectivity index (χ0) is 15.4. The van der Waals surface area contributed by atoms with Crippen molar-refractivity contribution in [2.45, 2.75) is 6.04 Å². The second-order valence-electron chi connectivity index (χ2n) is 4.85. The van der Waals surface area contributed by atoms with Crippen molar-refractivity contribution in [3.63, 3.8) is 0 Å². The second-order valence-corrected chi connectivity index (χ2v) is 6.23. The Morgan fingerprint density at radius 2 is 1.59 bits per heavy atom. The fraction of sp³-hybridized carbons (Fsp3) is 0.0556. The van der Waals surface area contributed by atoms with Crippen molar-refractivity contribution in [1.82, 2.24) is 5.32 Å².